The first-order valence-electron chi connectivity index (χ1n) is 6.72. The van der Waals surface area contributed by atoms with Crippen molar-refractivity contribution in [2.45, 2.75) is 32.2 Å². The Morgan fingerprint density at radius 1 is 1.33 bits per heavy atom. The third-order valence-electron chi connectivity index (χ3n) is 3.62. The summed E-state index contributed by atoms with van der Waals surface area (Å²) in [4.78, 5) is 13.5. The van der Waals surface area contributed by atoms with Crippen LogP contribution in [-0.4, -0.2) is 32.0 Å². The maximum atomic E-state index is 11.2. The lowest BCUT2D eigenvalue weighted by Crippen LogP contribution is -2.42. The summed E-state index contributed by atoms with van der Waals surface area (Å²) in [6.45, 7) is 3.77. The molecule has 0 amide bonds. The van der Waals surface area contributed by atoms with Gasteiger partial charge in [-0.05, 0) is 50.6 Å². The number of rotatable bonds is 4. The maximum Gasteiger partial charge on any atom is 0.159 e. The Morgan fingerprint density at radius 3 is 2.61 bits per heavy atom. The SMILES string of the molecule is CC(=O)c1ccc(N(C)CC2CCCCN2)cc1. The lowest BCUT2D eigenvalue weighted by Gasteiger charge is -2.29. The van der Waals surface area contributed by atoms with Crippen molar-refractivity contribution in [2.24, 2.45) is 0 Å². The van der Waals surface area contributed by atoms with Crippen molar-refractivity contribution < 1.29 is 4.79 Å². The molecule has 1 aromatic rings. The highest BCUT2D eigenvalue weighted by molar-refractivity contribution is 5.94. The van der Waals surface area contributed by atoms with Crippen molar-refractivity contribution in [3.8, 4) is 0 Å². The number of nitrogens with zero attached hydrogens (tertiary/aromatic N) is 1. The molecule has 1 fully saturated rings. The standard InChI is InChI=1S/C15H22N2O/c1-12(18)13-6-8-15(9-7-13)17(2)11-14-5-3-4-10-16-14/h6-9,14,16H,3-5,10-11H2,1-2H3. The summed E-state index contributed by atoms with van der Waals surface area (Å²) in [6, 6.07) is 8.46. The van der Waals surface area contributed by atoms with Gasteiger partial charge in [-0.1, -0.05) is 6.42 Å². The molecule has 1 N–H and O–H groups in total. The van der Waals surface area contributed by atoms with E-state index >= 15 is 0 Å². The van der Waals surface area contributed by atoms with Crippen LogP contribution in [0.1, 0.15) is 36.5 Å². The highest BCUT2D eigenvalue weighted by Crippen LogP contribution is 2.16. The fourth-order valence-electron chi connectivity index (χ4n) is 2.47. The Kier molecular flexibility index (Phi) is 4.37. The molecule has 18 heavy (non-hydrogen) atoms. The van der Waals surface area contributed by atoms with Gasteiger partial charge in [0, 0.05) is 30.9 Å². The minimum absolute atomic E-state index is 0.123. The van der Waals surface area contributed by atoms with Gasteiger partial charge in [-0.15, -0.1) is 0 Å². The molecule has 0 radical (unpaired) electrons. The zero-order chi connectivity index (χ0) is 13.0. The summed E-state index contributed by atoms with van der Waals surface area (Å²) in [5.74, 6) is 0.123. The molecule has 3 nitrogen and oxygen atoms in total. The summed E-state index contributed by atoms with van der Waals surface area (Å²) < 4.78 is 0. The van der Waals surface area contributed by atoms with Crippen molar-refractivity contribution >= 4 is 11.5 Å². The summed E-state index contributed by atoms with van der Waals surface area (Å²) >= 11 is 0. The lowest BCUT2D eigenvalue weighted by atomic mass is 10.0. The van der Waals surface area contributed by atoms with E-state index in [1.54, 1.807) is 6.92 Å². The number of benzene rings is 1. The third-order valence-corrected chi connectivity index (χ3v) is 3.62. The molecule has 1 aromatic carbocycles. The second-order valence-corrected chi connectivity index (χ2v) is 5.13. The third kappa shape index (κ3) is 3.33. The molecule has 1 aliphatic heterocycles. The summed E-state index contributed by atoms with van der Waals surface area (Å²) in [7, 11) is 2.11. The first kappa shape index (κ1) is 13.1. The molecule has 3 heteroatoms. The van der Waals surface area contributed by atoms with Crippen molar-refractivity contribution in [1.29, 1.82) is 0 Å². The van der Waals surface area contributed by atoms with E-state index < -0.39 is 0 Å². The monoisotopic (exact) mass is 246 g/mol. The smallest absolute Gasteiger partial charge is 0.159 e. The molecular weight excluding hydrogens is 224 g/mol. The molecule has 1 heterocycles. The van der Waals surface area contributed by atoms with Gasteiger partial charge in [0.25, 0.3) is 0 Å². The second-order valence-electron chi connectivity index (χ2n) is 5.13. The number of carbonyl (C=O) groups is 1. The summed E-state index contributed by atoms with van der Waals surface area (Å²) in [5, 5.41) is 3.55. The van der Waals surface area contributed by atoms with Crippen LogP contribution in [0.3, 0.4) is 0 Å². The van der Waals surface area contributed by atoms with Crippen LogP contribution in [-0.2, 0) is 0 Å². The van der Waals surface area contributed by atoms with Gasteiger partial charge in [0.15, 0.2) is 5.78 Å². The Labute approximate surface area is 109 Å². The number of nitrogens with one attached hydrogen (secondary N) is 1. The van der Waals surface area contributed by atoms with Gasteiger partial charge < -0.3 is 10.2 Å². The van der Waals surface area contributed by atoms with E-state index in [4.69, 9.17) is 0 Å². The van der Waals surface area contributed by atoms with Crippen LogP contribution in [0.5, 0.6) is 0 Å². The van der Waals surface area contributed by atoms with E-state index in [2.05, 4.69) is 17.3 Å². The topological polar surface area (TPSA) is 32.3 Å². The first-order valence-corrected chi connectivity index (χ1v) is 6.72. The molecule has 0 spiro atoms. The number of anilines is 1. The van der Waals surface area contributed by atoms with Crippen LogP contribution in [0, 0.1) is 0 Å². The minimum Gasteiger partial charge on any atom is -0.373 e. The van der Waals surface area contributed by atoms with E-state index in [1.165, 1.54) is 24.9 Å². The molecule has 1 saturated heterocycles. The molecule has 98 valence electrons. The molecule has 0 aliphatic carbocycles. The fraction of sp³-hybridized carbons (Fsp3) is 0.533. The van der Waals surface area contributed by atoms with Gasteiger partial charge in [-0.25, -0.2) is 0 Å². The first-order chi connectivity index (χ1) is 8.66. The molecule has 1 aliphatic rings. The highest BCUT2D eigenvalue weighted by atomic mass is 16.1. The quantitative estimate of drug-likeness (QED) is 0.828. The number of hydrogen-bond donors (Lipinski definition) is 1. The predicted molar refractivity (Wildman–Crippen MR) is 75.4 cm³/mol. The van der Waals surface area contributed by atoms with Crippen LogP contribution >= 0.6 is 0 Å². The van der Waals surface area contributed by atoms with Crippen LogP contribution in [0.25, 0.3) is 0 Å². The largest absolute Gasteiger partial charge is 0.373 e. The number of Topliss-reactive ketones (excluding diaryl/α,β-unsaturated/α-hetero) is 1. The van der Waals surface area contributed by atoms with Crippen molar-refractivity contribution in [1.82, 2.24) is 5.32 Å². The van der Waals surface area contributed by atoms with E-state index in [1.807, 2.05) is 24.3 Å². The van der Waals surface area contributed by atoms with Crippen LogP contribution in [0.2, 0.25) is 0 Å². The Bertz CT molecular complexity index is 393. The van der Waals surface area contributed by atoms with Gasteiger partial charge in [0.05, 0.1) is 0 Å². The van der Waals surface area contributed by atoms with Gasteiger partial charge in [-0.2, -0.15) is 0 Å². The Morgan fingerprint density at radius 2 is 2.06 bits per heavy atom. The maximum absolute atomic E-state index is 11.2. The molecule has 0 aromatic heterocycles. The van der Waals surface area contributed by atoms with E-state index in [0.717, 1.165) is 18.7 Å². The zero-order valence-electron chi connectivity index (χ0n) is 11.3. The van der Waals surface area contributed by atoms with Gasteiger partial charge >= 0.3 is 0 Å². The summed E-state index contributed by atoms with van der Waals surface area (Å²) in [5.41, 5.74) is 1.95. The molecule has 0 saturated carbocycles. The minimum atomic E-state index is 0.123. The highest BCUT2D eigenvalue weighted by Gasteiger charge is 2.14. The lowest BCUT2D eigenvalue weighted by molar-refractivity contribution is 0.101. The normalized spacial score (nSPS) is 19.6. The van der Waals surface area contributed by atoms with Crippen molar-refractivity contribution in [3.05, 3.63) is 29.8 Å². The fourth-order valence-corrected chi connectivity index (χ4v) is 2.47. The molecule has 0 bridgehead atoms. The average molecular weight is 246 g/mol. The molecule has 1 unspecified atom stereocenters. The Hall–Kier alpha value is -1.35. The average Bonchev–Trinajstić information content (AvgIpc) is 2.40. The number of carbonyl (C=O) groups excluding carboxylic acids is 1. The molecule has 2 rings (SSSR count). The number of hydrogen-bond acceptors (Lipinski definition) is 3. The molecule has 1 atom stereocenters. The van der Waals surface area contributed by atoms with E-state index in [0.29, 0.717) is 6.04 Å². The molecular formula is C15H22N2O. The second kappa shape index (κ2) is 6.01. The number of piperidine rings is 1. The van der Waals surface area contributed by atoms with Crippen LogP contribution in [0.4, 0.5) is 5.69 Å². The van der Waals surface area contributed by atoms with E-state index in [9.17, 15) is 4.79 Å². The van der Waals surface area contributed by atoms with Crippen molar-refractivity contribution in [2.75, 3.05) is 25.0 Å². The van der Waals surface area contributed by atoms with Crippen LogP contribution in [0.15, 0.2) is 24.3 Å². The number of likely N-dealkylation sites (N-methyl/N-ethyl adjacent to an activating group) is 1. The zero-order valence-corrected chi connectivity index (χ0v) is 11.3. The number of ketones is 1. The van der Waals surface area contributed by atoms with Gasteiger partial charge in [0.1, 0.15) is 0 Å². The van der Waals surface area contributed by atoms with Crippen molar-refractivity contribution in [3.63, 3.8) is 0 Å². The summed E-state index contributed by atoms with van der Waals surface area (Å²) in [6.07, 6.45) is 3.89. The Balaban J connectivity index is 1.95. The van der Waals surface area contributed by atoms with Crippen LogP contribution < -0.4 is 10.2 Å². The predicted octanol–water partition coefficient (Wildman–Crippen LogP) is 2.47. The van der Waals surface area contributed by atoms with Gasteiger partial charge in [-0.3, -0.25) is 4.79 Å². The van der Waals surface area contributed by atoms with E-state index in [-0.39, 0.29) is 5.78 Å². The van der Waals surface area contributed by atoms with Gasteiger partial charge in [0.2, 0.25) is 0 Å².